The second-order valence-electron chi connectivity index (χ2n) is 6.47. The maximum atomic E-state index is 12.0. The van der Waals surface area contributed by atoms with Crippen molar-refractivity contribution in [1.29, 1.82) is 0 Å². The molecule has 3 rings (SSSR count). The quantitative estimate of drug-likeness (QED) is 0.918. The summed E-state index contributed by atoms with van der Waals surface area (Å²) < 4.78 is 5.53. The number of para-hydroxylation sites is 1. The number of ether oxygens (including phenoxy) is 1. The first-order valence-electron chi connectivity index (χ1n) is 8.36. The fourth-order valence-corrected chi connectivity index (χ4v) is 3.43. The summed E-state index contributed by atoms with van der Waals surface area (Å²) in [5.74, 6) is 0.952. The molecule has 1 aromatic carbocycles. The van der Waals surface area contributed by atoms with Crippen molar-refractivity contribution >= 4 is 5.91 Å². The molecule has 2 aromatic rings. The number of carbonyl (C=O) groups excluding carboxylic acids is 1. The molecule has 0 radical (unpaired) electrons. The second kappa shape index (κ2) is 7.09. The number of nitrogens with one attached hydrogen (secondary N) is 1. The van der Waals surface area contributed by atoms with Crippen LogP contribution in [0, 0.1) is 0 Å². The van der Waals surface area contributed by atoms with E-state index in [9.17, 15) is 4.79 Å². The van der Waals surface area contributed by atoms with Crippen LogP contribution in [0.4, 0.5) is 0 Å². The Hall–Kier alpha value is -2.27. The lowest BCUT2D eigenvalue weighted by atomic mass is 10.0. The van der Waals surface area contributed by atoms with Crippen LogP contribution in [-0.4, -0.2) is 48.4 Å². The number of aromatic amines is 1. The van der Waals surface area contributed by atoms with E-state index in [1.54, 1.807) is 26.1 Å². The van der Waals surface area contributed by atoms with Crippen LogP contribution in [-0.2, 0) is 6.54 Å². The number of hydrogen-bond donors (Lipinski definition) is 1. The predicted octanol–water partition coefficient (Wildman–Crippen LogP) is 3.06. The number of amides is 1. The third kappa shape index (κ3) is 3.31. The maximum Gasteiger partial charge on any atom is 0.269 e. The van der Waals surface area contributed by atoms with Gasteiger partial charge >= 0.3 is 0 Å². The third-order valence-corrected chi connectivity index (χ3v) is 4.62. The average molecular weight is 327 g/mol. The van der Waals surface area contributed by atoms with Crippen molar-refractivity contribution in [2.45, 2.75) is 25.4 Å². The van der Waals surface area contributed by atoms with Crippen molar-refractivity contribution in [1.82, 2.24) is 14.8 Å². The fraction of sp³-hybridized carbons (Fsp3) is 0.421. The van der Waals surface area contributed by atoms with Gasteiger partial charge in [-0.15, -0.1) is 0 Å². The zero-order valence-electron chi connectivity index (χ0n) is 14.6. The zero-order chi connectivity index (χ0) is 17.1. The van der Waals surface area contributed by atoms with E-state index in [1.807, 2.05) is 24.3 Å². The van der Waals surface area contributed by atoms with Crippen molar-refractivity contribution in [2.24, 2.45) is 0 Å². The summed E-state index contributed by atoms with van der Waals surface area (Å²) in [6.45, 7) is 1.86. The van der Waals surface area contributed by atoms with E-state index in [4.69, 9.17) is 4.74 Å². The molecular weight excluding hydrogens is 302 g/mol. The van der Waals surface area contributed by atoms with Crippen LogP contribution in [0.25, 0.3) is 0 Å². The average Bonchev–Trinajstić information content (AvgIpc) is 3.24. The zero-order valence-corrected chi connectivity index (χ0v) is 14.6. The maximum absolute atomic E-state index is 12.0. The van der Waals surface area contributed by atoms with E-state index in [2.05, 4.69) is 22.0 Å². The number of carbonyl (C=O) groups is 1. The molecule has 1 unspecified atom stereocenters. The molecule has 1 aliphatic heterocycles. The van der Waals surface area contributed by atoms with Crippen molar-refractivity contribution < 1.29 is 9.53 Å². The summed E-state index contributed by atoms with van der Waals surface area (Å²) in [6.07, 6.45) is 2.30. The molecule has 0 saturated carbocycles. The first-order chi connectivity index (χ1) is 11.6. The fourth-order valence-electron chi connectivity index (χ4n) is 3.43. The summed E-state index contributed by atoms with van der Waals surface area (Å²) in [5, 5.41) is 0. The van der Waals surface area contributed by atoms with Crippen LogP contribution in [0.5, 0.6) is 5.75 Å². The van der Waals surface area contributed by atoms with Crippen molar-refractivity contribution in [3.8, 4) is 5.75 Å². The molecule has 1 saturated heterocycles. The van der Waals surface area contributed by atoms with Gasteiger partial charge in [0.05, 0.1) is 7.11 Å². The normalized spacial score (nSPS) is 17.9. The first-order valence-corrected chi connectivity index (χ1v) is 8.36. The van der Waals surface area contributed by atoms with Gasteiger partial charge in [-0.2, -0.15) is 0 Å². The van der Waals surface area contributed by atoms with E-state index < -0.39 is 0 Å². The van der Waals surface area contributed by atoms with Gasteiger partial charge < -0.3 is 14.6 Å². The number of benzene rings is 1. The Labute approximate surface area is 143 Å². The van der Waals surface area contributed by atoms with E-state index in [-0.39, 0.29) is 5.91 Å². The minimum Gasteiger partial charge on any atom is -0.496 e. The monoisotopic (exact) mass is 327 g/mol. The van der Waals surface area contributed by atoms with Gasteiger partial charge in [0.1, 0.15) is 11.4 Å². The lowest BCUT2D eigenvalue weighted by Gasteiger charge is -2.25. The standard InChI is InChI=1S/C19H25N3O2/c1-21(2)19(23)16-11-10-14(20-16)13-22-12-6-8-17(22)15-7-4-5-9-18(15)24-3/h4-5,7,9-11,17,20H,6,8,12-13H2,1-3H3. The van der Waals surface area contributed by atoms with Crippen molar-refractivity contribution in [2.75, 3.05) is 27.7 Å². The molecule has 5 heteroatoms. The summed E-state index contributed by atoms with van der Waals surface area (Å²) in [7, 11) is 5.25. The topological polar surface area (TPSA) is 48.6 Å². The van der Waals surface area contributed by atoms with E-state index in [0.29, 0.717) is 11.7 Å². The Morgan fingerprint density at radius 1 is 1.29 bits per heavy atom. The van der Waals surface area contributed by atoms with Gasteiger partial charge in [-0.1, -0.05) is 18.2 Å². The molecule has 1 N–H and O–H groups in total. The van der Waals surface area contributed by atoms with Crippen LogP contribution in [0.3, 0.4) is 0 Å². The minimum atomic E-state index is 0.00366. The number of nitrogens with zero attached hydrogens (tertiary/aromatic N) is 2. The number of H-pyrrole nitrogens is 1. The number of hydrogen-bond acceptors (Lipinski definition) is 3. The summed E-state index contributed by atoms with van der Waals surface area (Å²) in [5.41, 5.74) is 2.96. The number of methoxy groups -OCH3 is 1. The molecule has 128 valence electrons. The number of aromatic nitrogens is 1. The summed E-state index contributed by atoms with van der Waals surface area (Å²) >= 11 is 0. The van der Waals surface area contributed by atoms with Gasteiger partial charge in [-0.3, -0.25) is 9.69 Å². The molecule has 24 heavy (non-hydrogen) atoms. The lowest BCUT2D eigenvalue weighted by molar-refractivity contribution is 0.0822. The van der Waals surface area contributed by atoms with Crippen LogP contribution in [0.1, 0.15) is 40.6 Å². The highest BCUT2D eigenvalue weighted by atomic mass is 16.5. The third-order valence-electron chi connectivity index (χ3n) is 4.62. The molecule has 2 heterocycles. The number of likely N-dealkylation sites (tertiary alicyclic amines) is 1. The minimum absolute atomic E-state index is 0.00366. The molecule has 1 amide bonds. The van der Waals surface area contributed by atoms with Gasteiger partial charge in [0.15, 0.2) is 0 Å². The SMILES string of the molecule is COc1ccccc1C1CCCN1Cc1ccc(C(=O)N(C)C)[nH]1. The highest BCUT2D eigenvalue weighted by molar-refractivity contribution is 5.92. The lowest BCUT2D eigenvalue weighted by Crippen LogP contribution is -2.24. The highest BCUT2D eigenvalue weighted by Gasteiger charge is 2.28. The van der Waals surface area contributed by atoms with Crippen LogP contribution < -0.4 is 4.74 Å². The van der Waals surface area contributed by atoms with E-state index in [1.165, 1.54) is 12.0 Å². The Morgan fingerprint density at radius 3 is 2.83 bits per heavy atom. The van der Waals surface area contributed by atoms with Gasteiger partial charge in [0, 0.05) is 37.9 Å². The highest BCUT2D eigenvalue weighted by Crippen LogP contribution is 2.37. The van der Waals surface area contributed by atoms with E-state index in [0.717, 1.165) is 31.0 Å². The van der Waals surface area contributed by atoms with Crippen LogP contribution in [0.15, 0.2) is 36.4 Å². The van der Waals surface area contributed by atoms with Gasteiger partial charge in [0.25, 0.3) is 5.91 Å². The largest absolute Gasteiger partial charge is 0.496 e. The van der Waals surface area contributed by atoms with Crippen LogP contribution >= 0.6 is 0 Å². The van der Waals surface area contributed by atoms with Gasteiger partial charge in [-0.25, -0.2) is 0 Å². The predicted molar refractivity (Wildman–Crippen MR) is 94.2 cm³/mol. The van der Waals surface area contributed by atoms with Crippen molar-refractivity contribution in [3.05, 3.63) is 53.3 Å². The Morgan fingerprint density at radius 2 is 2.08 bits per heavy atom. The molecule has 1 fully saturated rings. The molecule has 1 aromatic heterocycles. The first kappa shape index (κ1) is 16.6. The Kier molecular flexibility index (Phi) is 4.90. The second-order valence-corrected chi connectivity index (χ2v) is 6.47. The molecular formula is C19H25N3O2. The van der Waals surface area contributed by atoms with Gasteiger partial charge in [0.2, 0.25) is 0 Å². The van der Waals surface area contributed by atoms with E-state index >= 15 is 0 Å². The molecule has 0 aliphatic carbocycles. The smallest absolute Gasteiger partial charge is 0.269 e. The molecule has 5 nitrogen and oxygen atoms in total. The van der Waals surface area contributed by atoms with Crippen LogP contribution in [0.2, 0.25) is 0 Å². The van der Waals surface area contributed by atoms with Crippen molar-refractivity contribution in [3.63, 3.8) is 0 Å². The van der Waals surface area contributed by atoms with Gasteiger partial charge in [-0.05, 0) is 37.6 Å². The number of rotatable bonds is 5. The Balaban J connectivity index is 1.76. The molecule has 0 bridgehead atoms. The Bertz CT molecular complexity index is 708. The molecule has 1 aliphatic rings. The summed E-state index contributed by atoms with van der Waals surface area (Å²) in [6, 6.07) is 12.5. The molecule has 0 spiro atoms. The molecule has 1 atom stereocenters. The summed E-state index contributed by atoms with van der Waals surface area (Å²) in [4.78, 5) is 19.3.